The highest BCUT2D eigenvalue weighted by atomic mass is 16.5. The molecule has 0 saturated heterocycles. The average molecular weight is 275 g/mol. The topological polar surface area (TPSA) is 39.7 Å². The minimum Gasteiger partial charge on any atom is -0.382 e. The Balaban J connectivity index is 3.30. The third-order valence-corrected chi connectivity index (χ3v) is 3.32. The number of methoxy groups -OCH3 is 1. The quantitative estimate of drug-likeness (QED) is 0.523. The highest BCUT2D eigenvalue weighted by Gasteiger charge is 2.16. The van der Waals surface area contributed by atoms with Crippen LogP contribution in [0.5, 0.6) is 0 Å². The summed E-state index contributed by atoms with van der Waals surface area (Å²) in [7, 11) is 1.67. The standard InChI is InChI=1S/C15H33NO3/c1-13(2)15(14(3)4)12-16-6-7-18-10-11-19-9-8-17-5/h13-16H,6-12H2,1-5H3. The van der Waals surface area contributed by atoms with E-state index in [0.717, 1.165) is 37.5 Å². The molecule has 19 heavy (non-hydrogen) atoms. The lowest BCUT2D eigenvalue weighted by molar-refractivity contribution is 0.0253. The lowest BCUT2D eigenvalue weighted by atomic mass is 9.85. The second-order valence-electron chi connectivity index (χ2n) is 5.57. The number of ether oxygens (including phenoxy) is 3. The van der Waals surface area contributed by atoms with E-state index in [-0.39, 0.29) is 0 Å². The van der Waals surface area contributed by atoms with Gasteiger partial charge in [0, 0.05) is 13.7 Å². The molecule has 1 N–H and O–H groups in total. The van der Waals surface area contributed by atoms with Crippen molar-refractivity contribution in [1.29, 1.82) is 0 Å². The van der Waals surface area contributed by atoms with Crippen molar-refractivity contribution in [1.82, 2.24) is 5.32 Å². The fourth-order valence-electron chi connectivity index (χ4n) is 2.12. The maximum Gasteiger partial charge on any atom is 0.0701 e. The number of rotatable bonds is 13. The minimum absolute atomic E-state index is 0.641. The van der Waals surface area contributed by atoms with Crippen LogP contribution in [0.15, 0.2) is 0 Å². The molecule has 0 aromatic rings. The zero-order valence-electron chi connectivity index (χ0n) is 13.4. The average Bonchev–Trinajstić information content (AvgIpc) is 2.35. The van der Waals surface area contributed by atoms with Crippen molar-refractivity contribution < 1.29 is 14.2 Å². The fourth-order valence-corrected chi connectivity index (χ4v) is 2.12. The van der Waals surface area contributed by atoms with E-state index in [4.69, 9.17) is 14.2 Å². The van der Waals surface area contributed by atoms with Crippen LogP contribution >= 0.6 is 0 Å². The second-order valence-corrected chi connectivity index (χ2v) is 5.57. The molecule has 0 rings (SSSR count). The van der Waals surface area contributed by atoms with Crippen molar-refractivity contribution in [3.63, 3.8) is 0 Å². The summed E-state index contributed by atoms with van der Waals surface area (Å²) in [4.78, 5) is 0. The molecular formula is C15H33NO3. The molecule has 116 valence electrons. The van der Waals surface area contributed by atoms with Gasteiger partial charge in [-0.15, -0.1) is 0 Å². The molecule has 0 aromatic heterocycles. The van der Waals surface area contributed by atoms with Crippen LogP contribution in [-0.2, 0) is 14.2 Å². The van der Waals surface area contributed by atoms with Gasteiger partial charge < -0.3 is 19.5 Å². The summed E-state index contributed by atoms with van der Waals surface area (Å²) in [6.07, 6.45) is 0. The smallest absolute Gasteiger partial charge is 0.0701 e. The summed E-state index contributed by atoms with van der Waals surface area (Å²) in [5.41, 5.74) is 0. The van der Waals surface area contributed by atoms with Crippen molar-refractivity contribution >= 4 is 0 Å². The predicted octanol–water partition coefficient (Wildman–Crippen LogP) is 2.18. The van der Waals surface area contributed by atoms with Crippen LogP contribution in [0.3, 0.4) is 0 Å². The first kappa shape index (κ1) is 18.8. The van der Waals surface area contributed by atoms with E-state index >= 15 is 0 Å². The van der Waals surface area contributed by atoms with Crippen molar-refractivity contribution in [2.24, 2.45) is 17.8 Å². The van der Waals surface area contributed by atoms with Gasteiger partial charge in [-0.05, 0) is 24.3 Å². The van der Waals surface area contributed by atoms with Gasteiger partial charge in [0.1, 0.15) is 0 Å². The van der Waals surface area contributed by atoms with Crippen LogP contribution < -0.4 is 5.32 Å². The summed E-state index contributed by atoms with van der Waals surface area (Å²) < 4.78 is 15.7. The molecule has 0 spiro atoms. The molecule has 0 saturated carbocycles. The third-order valence-electron chi connectivity index (χ3n) is 3.32. The van der Waals surface area contributed by atoms with Crippen LogP contribution in [0.25, 0.3) is 0 Å². The molecule has 0 fully saturated rings. The van der Waals surface area contributed by atoms with Crippen LogP contribution in [-0.4, -0.2) is 53.2 Å². The Bertz CT molecular complexity index is 178. The van der Waals surface area contributed by atoms with Crippen LogP contribution in [0, 0.1) is 17.8 Å². The molecule has 0 heterocycles. The molecule has 0 amide bonds. The van der Waals surface area contributed by atoms with Gasteiger partial charge >= 0.3 is 0 Å². The maximum absolute atomic E-state index is 5.49. The Hall–Kier alpha value is -0.160. The van der Waals surface area contributed by atoms with E-state index in [9.17, 15) is 0 Å². The summed E-state index contributed by atoms with van der Waals surface area (Å²) in [5.74, 6) is 2.18. The van der Waals surface area contributed by atoms with E-state index in [2.05, 4.69) is 33.0 Å². The van der Waals surface area contributed by atoms with Crippen LogP contribution in [0.2, 0.25) is 0 Å². The molecule has 0 unspecified atom stereocenters. The number of nitrogens with one attached hydrogen (secondary N) is 1. The maximum atomic E-state index is 5.49. The first-order valence-corrected chi connectivity index (χ1v) is 7.44. The molecule has 0 aromatic carbocycles. The fraction of sp³-hybridized carbons (Fsp3) is 1.00. The first-order valence-electron chi connectivity index (χ1n) is 7.44. The molecule has 4 nitrogen and oxygen atoms in total. The van der Waals surface area contributed by atoms with Gasteiger partial charge in [-0.1, -0.05) is 27.7 Å². The SMILES string of the molecule is COCCOCCOCCNCC(C(C)C)C(C)C. The first-order chi connectivity index (χ1) is 9.09. The van der Waals surface area contributed by atoms with E-state index in [1.54, 1.807) is 7.11 Å². The Morgan fingerprint density at radius 3 is 1.84 bits per heavy atom. The van der Waals surface area contributed by atoms with Gasteiger partial charge in [-0.3, -0.25) is 0 Å². The normalized spacial score (nSPS) is 12.0. The van der Waals surface area contributed by atoms with Gasteiger partial charge in [0.15, 0.2) is 0 Å². The molecule has 0 atom stereocenters. The van der Waals surface area contributed by atoms with Crippen LogP contribution in [0.4, 0.5) is 0 Å². The summed E-state index contributed by atoms with van der Waals surface area (Å²) in [6, 6.07) is 0. The highest BCUT2D eigenvalue weighted by molar-refractivity contribution is 4.69. The lowest BCUT2D eigenvalue weighted by Crippen LogP contribution is -2.32. The molecule has 0 radical (unpaired) electrons. The molecule has 0 aliphatic heterocycles. The molecule has 0 bridgehead atoms. The summed E-state index contributed by atoms with van der Waals surface area (Å²) in [6.45, 7) is 14.5. The van der Waals surface area contributed by atoms with E-state index in [1.807, 2.05) is 0 Å². The lowest BCUT2D eigenvalue weighted by Gasteiger charge is -2.25. The van der Waals surface area contributed by atoms with Crippen molar-refractivity contribution in [2.45, 2.75) is 27.7 Å². The van der Waals surface area contributed by atoms with Gasteiger partial charge in [0.2, 0.25) is 0 Å². The van der Waals surface area contributed by atoms with Gasteiger partial charge in [0.25, 0.3) is 0 Å². The van der Waals surface area contributed by atoms with E-state index in [1.165, 1.54) is 0 Å². The Morgan fingerprint density at radius 2 is 1.32 bits per heavy atom. The van der Waals surface area contributed by atoms with Crippen molar-refractivity contribution in [2.75, 3.05) is 53.2 Å². The van der Waals surface area contributed by atoms with Gasteiger partial charge in [-0.2, -0.15) is 0 Å². The largest absolute Gasteiger partial charge is 0.382 e. The molecule has 4 heteroatoms. The van der Waals surface area contributed by atoms with Crippen LogP contribution in [0.1, 0.15) is 27.7 Å². The van der Waals surface area contributed by atoms with Gasteiger partial charge in [0.05, 0.1) is 33.0 Å². The molecule has 0 aliphatic carbocycles. The predicted molar refractivity (Wildman–Crippen MR) is 79.5 cm³/mol. The Kier molecular flexibility index (Phi) is 12.7. The second kappa shape index (κ2) is 12.9. The molecular weight excluding hydrogens is 242 g/mol. The minimum atomic E-state index is 0.641. The number of hydrogen-bond acceptors (Lipinski definition) is 4. The van der Waals surface area contributed by atoms with E-state index < -0.39 is 0 Å². The zero-order valence-corrected chi connectivity index (χ0v) is 13.4. The zero-order chi connectivity index (χ0) is 14.5. The van der Waals surface area contributed by atoms with Crippen molar-refractivity contribution in [3.05, 3.63) is 0 Å². The molecule has 0 aliphatic rings. The van der Waals surface area contributed by atoms with Gasteiger partial charge in [-0.25, -0.2) is 0 Å². The monoisotopic (exact) mass is 275 g/mol. The van der Waals surface area contributed by atoms with E-state index in [0.29, 0.717) is 26.4 Å². The summed E-state index contributed by atoms with van der Waals surface area (Å²) >= 11 is 0. The van der Waals surface area contributed by atoms with Crippen molar-refractivity contribution in [3.8, 4) is 0 Å². The number of hydrogen-bond donors (Lipinski definition) is 1. The third kappa shape index (κ3) is 11.4. The Morgan fingerprint density at radius 1 is 0.789 bits per heavy atom. The summed E-state index contributed by atoms with van der Waals surface area (Å²) in [5, 5.41) is 3.47. The Labute approximate surface area is 119 Å². The highest BCUT2D eigenvalue weighted by Crippen LogP contribution is 2.19.